The third-order valence-electron chi connectivity index (χ3n) is 6.28. The van der Waals surface area contributed by atoms with Crippen LogP contribution in [0.3, 0.4) is 0 Å². The van der Waals surface area contributed by atoms with Crippen LogP contribution in [0.4, 0.5) is 20.6 Å². The highest BCUT2D eigenvalue weighted by atomic mass is 32.2. The SMILES string of the molecule is CC1(O[Si](C)(C)C(C)(C)C)CN(c2ccc(N3C[C@H](COS(C)(=O)=O)OC3=O)cc2F)C1. The molecule has 0 spiro atoms. The summed E-state index contributed by atoms with van der Waals surface area (Å²) in [5, 5.41) is 0.0951. The molecule has 32 heavy (non-hydrogen) atoms. The van der Waals surface area contributed by atoms with Gasteiger partial charge in [0.15, 0.2) is 8.32 Å². The Hall–Kier alpha value is -1.69. The summed E-state index contributed by atoms with van der Waals surface area (Å²) >= 11 is 0. The number of benzene rings is 1. The molecular formula is C21H33FN2O6SSi. The van der Waals surface area contributed by atoms with Gasteiger partial charge in [-0.25, -0.2) is 9.18 Å². The van der Waals surface area contributed by atoms with E-state index in [1.807, 2.05) is 4.90 Å². The summed E-state index contributed by atoms with van der Waals surface area (Å²) in [6, 6.07) is 4.59. The monoisotopic (exact) mass is 488 g/mol. The average molecular weight is 489 g/mol. The number of amides is 1. The van der Waals surface area contributed by atoms with Crippen LogP contribution in [0.25, 0.3) is 0 Å². The molecule has 3 rings (SSSR count). The molecule has 2 aliphatic rings. The molecule has 180 valence electrons. The van der Waals surface area contributed by atoms with Crippen LogP contribution in [0.5, 0.6) is 0 Å². The second kappa shape index (κ2) is 8.26. The highest BCUT2D eigenvalue weighted by molar-refractivity contribution is 7.85. The van der Waals surface area contributed by atoms with Crippen molar-refractivity contribution in [3.63, 3.8) is 0 Å². The fourth-order valence-electron chi connectivity index (χ4n) is 3.70. The maximum atomic E-state index is 14.9. The molecule has 1 atom stereocenters. The zero-order chi connectivity index (χ0) is 24.1. The minimum absolute atomic E-state index is 0.0787. The van der Waals surface area contributed by atoms with Gasteiger partial charge in [0.2, 0.25) is 0 Å². The topological polar surface area (TPSA) is 85.4 Å². The van der Waals surface area contributed by atoms with Gasteiger partial charge in [-0.3, -0.25) is 9.08 Å². The Morgan fingerprint density at radius 1 is 1.28 bits per heavy atom. The van der Waals surface area contributed by atoms with Crippen LogP contribution in [-0.4, -0.2) is 67.0 Å². The molecule has 1 aromatic carbocycles. The highest BCUT2D eigenvalue weighted by Gasteiger charge is 2.48. The average Bonchev–Trinajstić information content (AvgIpc) is 2.97. The molecule has 8 nitrogen and oxygen atoms in total. The first-order valence-electron chi connectivity index (χ1n) is 10.6. The summed E-state index contributed by atoms with van der Waals surface area (Å²) in [4.78, 5) is 15.4. The Balaban J connectivity index is 1.64. The number of cyclic esters (lactones) is 1. The van der Waals surface area contributed by atoms with Crippen LogP contribution >= 0.6 is 0 Å². The van der Waals surface area contributed by atoms with E-state index in [-0.39, 0.29) is 23.8 Å². The van der Waals surface area contributed by atoms with Crippen LogP contribution in [0, 0.1) is 5.82 Å². The molecule has 0 radical (unpaired) electrons. The smallest absolute Gasteiger partial charge is 0.414 e. The minimum atomic E-state index is -3.64. The fraction of sp³-hybridized carbons (Fsp3) is 0.667. The van der Waals surface area contributed by atoms with E-state index >= 15 is 0 Å². The molecule has 1 amide bonds. The number of hydrogen-bond acceptors (Lipinski definition) is 7. The van der Waals surface area contributed by atoms with Gasteiger partial charge < -0.3 is 14.1 Å². The van der Waals surface area contributed by atoms with E-state index in [1.165, 1.54) is 11.0 Å². The number of halogens is 1. The van der Waals surface area contributed by atoms with E-state index in [0.29, 0.717) is 24.5 Å². The Kier molecular flexibility index (Phi) is 6.44. The first-order chi connectivity index (χ1) is 14.5. The Labute approximate surface area is 190 Å². The van der Waals surface area contributed by atoms with Crippen molar-refractivity contribution in [3.05, 3.63) is 24.0 Å². The van der Waals surface area contributed by atoms with Crippen LogP contribution < -0.4 is 9.80 Å². The number of hydrogen-bond donors (Lipinski definition) is 0. The molecule has 2 fully saturated rings. The minimum Gasteiger partial charge on any atom is -0.441 e. The molecule has 0 aromatic heterocycles. The zero-order valence-corrected chi connectivity index (χ0v) is 21.6. The molecule has 2 aliphatic heterocycles. The Morgan fingerprint density at radius 3 is 2.44 bits per heavy atom. The van der Waals surface area contributed by atoms with Crippen molar-refractivity contribution in [2.24, 2.45) is 0 Å². The van der Waals surface area contributed by atoms with Gasteiger partial charge in [0, 0.05) is 13.1 Å². The molecule has 2 heterocycles. The largest absolute Gasteiger partial charge is 0.441 e. The Morgan fingerprint density at radius 2 is 1.91 bits per heavy atom. The van der Waals surface area contributed by atoms with Gasteiger partial charge in [-0.2, -0.15) is 8.42 Å². The lowest BCUT2D eigenvalue weighted by atomic mass is 9.96. The highest BCUT2D eigenvalue weighted by Crippen LogP contribution is 2.42. The van der Waals surface area contributed by atoms with Crippen molar-refractivity contribution in [2.75, 3.05) is 42.3 Å². The first-order valence-corrected chi connectivity index (χ1v) is 15.3. The third kappa shape index (κ3) is 5.44. The second-order valence-electron chi connectivity index (χ2n) is 10.4. The van der Waals surface area contributed by atoms with Crippen molar-refractivity contribution in [1.82, 2.24) is 0 Å². The van der Waals surface area contributed by atoms with Gasteiger partial charge in [0.25, 0.3) is 10.1 Å². The molecular weight excluding hydrogens is 455 g/mol. The molecule has 1 aromatic rings. The van der Waals surface area contributed by atoms with Gasteiger partial charge in [0.1, 0.15) is 18.5 Å². The number of anilines is 2. The lowest BCUT2D eigenvalue weighted by molar-refractivity contribution is 0.0427. The van der Waals surface area contributed by atoms with Gasteiger partial charge in [-0.15, -0.1) is 0 Å². The predicted molar refractivity (Wildman–Crippen MR) is 124 cm³/mol. The summed E-state index contributed by atoms with van der Waals surface area (Å²) in [6.45, 7) is 14.0. The molecule has 0 bridgehead atoms. The van der Waals surface area contributed by atoms with Gasteiger partial charge in [0.05, 0.1) is 29.8 Å². The summed E-state index contributed by atoms with van der Waals surface area (Å²) in [5.74, 6) is -0.444. The van der Waals surface area contributed by atoms with E-state index in [4.69, 9.17) is 13.3 Å². The van der Waals surface area contributed by atoms with Crippen LogP contribution in [-0.2, 0) is 23.5 Å². The first kappa shape index (κ1) is 24.9. The number of ether oxygens (including phenoxy) is 1. The fourth-order valence-corrected chi connectivity index (χ4v) is 5.77. The quantitative estimate of drug-likeness (QED) is 0.427. The van der Waals surface area contributed by atoms with Crippen molar-refractivity contribution in [2.45, 2.75) is 57.5 Å². The number of nitrogens with zero attached hydrogens (tertiary/aromatic N) is 2. The summed E-state index contributed by atoms with van der Waals surface area (Å²) in [7, 11) is -5.58. The van der Waals surface area contributed by atoms with E-state index in [2.05, 4.69) is 40.8 Å². The van der Waals surface area contributed by atoms with Crippen molar-refractivity contribution in [3.8, 4) is 0 Å². The van der Waals surface area contributed by atoms with Crippen LogP contribution in [0.1, 0.15) is 27.7 Å². The number of rotatable bonds is 7. The van der Waals surface area contributed by atoms with Crippen molar-refractivity contribution in [1.29, 1.82) is 0 Å². The molecule has 0 saturated carbocycles. The second-order valence-corrected chi connectivity index (χ2v) is 16.8. The lowest BCUT2D eigenvalue weighted by Gasteiger charge is -2.54. The lowest BCUT2D eigenvalue weighted by Crippen LogP contribution is -2.66. The normalized spacial score (nSPS) is 21.5. The summed E-state index contributed by atoms with van der Waals surface area (Å²) in [5.41, 5.74) is 0.480. The molecule has 11 heteroatoms. The third-order valence-corrected chi connectivity index (χ3v) is 11.5. The van der Waals surface area contributed by atoms with E-state index in [0.717, 1.165) is 6.26 Å². The molecule has 0 aliphatic carbocycles. The van der Waals surface area contributed by atoms with Gasteiger partial charge in [-0.05, 0) is 43.3 Å². The van der Waals surface area contributed by atoms with Gasteiger partial charge in [-0.1, -0.05) is 20.8 Å². The maximum absolute atomic E-state index is 14.9. The van der Waals surface area contributed by atoms with Gasteiger partial charge >= 0.3 is 6.09 Å². The van der Waals surface area contributed by atoms with Crippen molar-refractivity contribution >= 4 is 35.9 Å². The van der Waals surface area contributed by atoms with Crippen LogP contribution in [0.15, 0.2) is 18.2 Å². The van der Waals surface area contributed by atoms with E-state index in [9.17, 15) is 17.6 Å². The molecule has 0 N–H and O–H groups in total. The zero-order valence-electron chi connectivity index (χ0n) is 19.8. The van der Waals surface area contributed by atoms with Crippen molar-refractivity contribution < 1.29 is 30.9 Å². The number of carbonyl (C=O) groups is 1. The molecule has 0 unspecified atom stereocenters. The number of carbonyl (C=O) groups excluding carboxylic acids is 1. The van der Waals surface area contributed by atoms with E-state index < -0.39 is 36.4 Å². The summed E-state index contributed by atoms with van der Waals surface area (Å²) in [6.07, 6.45) is -0.490. The Bertz CT molecular complexity index is 988. The van der Waals surface area contributed by atoms with Crippen LogP contribution in [0.2, 0.25) is 18.1 Å². The predicted octanol–water partition coefficient (Wildman–Crippen LogP) is 3.73. The van der Waals surface area contributed by atoms with E-state index in [1.54, 1.807) is 12.1 Å². The summed E-state index contributed by atoms with van der Waals surface area (Å²) < 4.78 is 53.6. The molecule has 2 saturated heterocycles. The maximum Gasteiger partial charge on any atom is 0.414 e. The standard InChI is InChI=1S/C21H33FN2O6SSi/c1-20(2,3)32(6,7)30-21(4)13-23(14-21)18-9-8-15(10-17(18)22)24-11-16(29-19(24)25)12-28-31(5,26)27/h8-10,16H,11-14H2,1-7H3/t16-/m1/s1.